The standard InChI is InChI=1S/C9H6O2S2/c10-5-6-1-2-8(13-6)9-7(11)3-4-12-9/h1-5,11H. The largest absolute Gasteiger partial charge is 0.506 e. The minimum Gasteiger partial charge on any atom is -0.506 e. The van der Waals surface area contributed by atoms with Crippen LogP contribution in [0.25, 0.3) is 9.75 Å². The molecule has 2 aromatic rings. The smallest absolute Gasteiger partial charge is 0.160 e. The maximum atomic E-state index is 10.4. The minimum absolute atomic E-state index is 0.282. The zero-order valence-corrected chi connectivity index (χ0v) is 8.19. The monoisotopic (exact) mass is 210 g/mol. The number of hydrogen-bond donors (Lipinski definition) is 1. The van der Waals surface area contributed by atoms with Gasteiger partial charge in [-0.1, -0.05) is 0 Å². The molecule has 0 spiro atoms. The summed E-state index contributed by atoms with van der Waals surface area (Å²) < 4.78 is 0. The number of aldehydes is 1. The van der Waals surface area contributed by atoms with Crippen LogP contribution in [0.2, 0.25) is 0 Å². The molecule has 4 heteroatoms. The van der Waals surface area contributed by atoms with E-state index in [-0.39, 0.29) is 5.75 Å². The molecule has 0 aliphatic heterocycles. The zero-order chi connectivity index (χ0) is 9.26. The highest BCUT2D eigenvalue weighted by atomic mass is 32.1. The van der Waals surface area contributed by atoms with Gasteiger partial charge >= 0.3 is 0 Å². The molecular formula is C9H6O2S2. The average Bonchev–Trinajstić information content (AvgIpc) is 2.71. The van der Waals surface area contributed by atoms with Gasteiger partial charge in [-0.25, -0.2) is 0 Å². The van der Waals surface area contributed by atoms with Gasteiger partial charge in [-0.15, -0.1) is 22.7 Å². The van der Waals surface area contributed by atoms with Crippen LogP contribution in [0.5, 0.6) is 5.75 Å². The zero-order valence-electron chi connectivity index (χ0n) is 6.56. The predicted molar refractivity (Wildman–Crippen MR) is 54.7 cm³/mol. The Labute approximate surface area is 83.1 Å². The third-order valence-corrected chi connectivity index (χ3v) is 3.71. The molecule has 0 atom stereocenters. The summed E-state index contributed by atoms with van der Waals surface area (Å²) in [4.78, 5) is 12.9. The van der Waals surface area contributed by atoms with Gasteiger partial charge in [0.05, 0.1) is 9.75 Å². The molecule has 2 heterocycles. The second kappa shape index (κ2) is 3.32. The number of aromatic hydroxyl groups is 1. The van der Waals surface area contributed by atoms with Crippen molar-refractivity contribution in [1.29, 1.82) is 0 Å². The van der Waals surface area contributed by atoms with E-state index in [1.54, 1.807) is 12.1 Å². The van der Waals surface area contributed by atoms with Gasteiger partial charge in [0, 0.05) is 4.88 Å². The van der Waals surface area contributed by atoms with Gasteiger partial charge in [-0.2, -0.15) is 0 Å². The minimum atomic E-state index is 0.282. The average molecular weight is 210 g/mol. The van der Waals surface area contributed by atoms with Crippen LogP contribution in [0.3, 0.4) is 0 Å². The summed E-state index contributed by atoms with van der Waals surface area (Å²) in [6, 6.07) is 5.26. The van der Waals surface area contributed by atoms with E-state index in [2.05, 4.69) is 0 Å². The third-order valence-electron chi connectivity index (χ3n) is 1.61. The first-order chi connectivity index (χ1) is 6.31. The summed E-state index contributed by atoms with van der Waals surface area (Å²) in [6.07, 6.45) is 0.818. The van der Waals surface area contributed by atoms with Crippen LogP contribution < -0.4 is 0 Å². The molecule has 66 valence electrons. The quantitative estimate of drug-likeness (QED) is 0.774. The lowest BCUT2D eigenvalue weighted by molar-refractivity contribution is 0.112. The first-order valence-corrected chi connectivity index (χ1v) is 5.32. The highest BCUT2D eigenvalue weighted by Gasteiger charge is 2.07. The highest BCUT2D eigenvalue weighted by molar-refractivity contribution is 7.22. The maximum Gasteiger partial charge on any atom is 0.160 e. The van der Waals surface area contributed by atoms with Crippen LogP contribution in [0.4, 0.5) is 0 Å². The van der Waals surface area contributed by atoms with Gasteiger partial charge < -0.3 is 5.11 Å². The number of thiophene rings is 2. The Hall–Kier alpha value is -1.13. The van der Waals surface area contributed by atoms with Crippen molar-refractivity contribution < 1.29 is 9.90 Å². The Bertz CT molecular complexity index is 428. The Morgan fingerprint density at radius 3 is 2.69 bits per heavy atom. The fourth-order valence-corrected chi connectivity index (χ4v) is 2.77. The van der Waals surface area contributed by atoms with Crippen molar-refractivity contribution in [2.75, 3.05) is 0 Å². The Morgan fingerprint density at radius 2 is 2.15 bits per heavy atom. The van der Waals surface area contributed by atoms with Crippen LogP contribution in [-0.4, -0.2) is 11.4 Å². The van der Waals surface area contributed by atoms with Crippen molar-refractivity contribution in [3.05, 3.63) is 28.5 Å². The second-order valence-corrected chi connectivity index (χ2v) is 4.49. The fraction of sp³-hybridized carbons (Fsp3) is 0. The van der Waals surface area contributed by atoms with Gasteiger partial charge in [0.15, 0.2) is 6.29 Å². The van der Waals surface area contributed by atoms with Crippen molar-refractivity contribution in [1.82, 2.24) is 0 Å². The van der Waals surface area contributed by atoms with E-state index in [9.17, 15) is 9.90 Å². The van der Waals surface area contributed by atoms with Gasteiger partial charge in [0.25, 0.3) is 0 Å². The molecular weight excluding hydrogens is 204 g/mol. The molecule has 2 rings (SSSR count). The fourth-order valence-electron chi connectivity index (χ4n) is 1.03. The number of carbonyl (C=O) groups is 1. The number of rotatable bonds is 2. The van der Waals surface area contributed by atoms with Gasteiger partial charge in [-0.3, -0.25) is 4.79 Å². The topological polar surface area (TPSA) is 37.3 Å². The van der Waals surface area contributed by atoms with Crippen molar-refractivity contribution in [2.24, 2.45) is 0 Å². The summed E-state index contributed by atoms with van der Waals surface area (Å²) >= 11 is 2.86. The molecule has 1 N–H and O–H groups in total. The molecule has 0 amide bonds. The van der Waals surface area contributed by atoms with Crippen LogP contribution in [0.1, 0.15) is 9.67 Å². The molecule has 0 saturated carbocycles. The SMILES string of the molecule is O=Cc1ccc(-c2sccc2O)s1. The molecule has 0 unspecified atom stereocenters. The maximum absolute atomic E-state index is 10.4. The van der Waals surface area contributed by atoms with Crippen molar-refractivity contribution >= 4 is 29.0 Å². The summed E-state index contributed by atoms with van der Waals surface area (Å²) in [5, 5.41) is 11.2. The molecule has 2 nitrogen and oxygen atoms in total. The molecule has 0 fully saturated rings. The van der Waals surface area contributed by atoms with Gasteiger partial charge in [-0.05, 0) is 23.6 Å². The van der Waals surface area contributed by atoms with E-state index in [4.69, 9.17) is 0 Å². The Balaban J connectivity index is 2.46. The molecule has 0 bridgehead atoms. The normalized spacial score (nSPS) is 10.2. The lowest BCUT2D eigenvalue weighted by Crippen LogP contribution is -1.63. The van der Waals surface area contributed by atoms with Crippen LogP contribution in [0.15, 0.2) is 23.6 Å². The molecule has 2 aromatic heterocycles. The molecule has 0 radical (unpaired) electrons. The third kappa shape index (κ3) is 1.50. The van der Waals surface area contributed by atoms with Crippen LogP contribution in [0, 0.1) is 0 Å². The lowest BCUT2D eigenvalue weighted by atomic mass is 10.3. The van der Waals surface area contributed by atoms with Gasteiger partial charge in [0.1, 0.15) is 5.75 Å². The van der Waals surface area contributed by atoms with Crippen LogP contribution in [-0.2, 0) is 0 Å². The summed E-state index contributed by atoms with van der Waals surface area (Å²) in [6.45, 7) is 0. The van der Waals surface area contributed by atoms with Crippen molar-refractivity contribution in [3.8, 4) is 15.5 Å². The second-order valence-electron chi connectivity index (χ2n) is 2.45. The summed E-state index contributed by atoms with van der Waals surface area (Å²) in [5.41, 5.74) is 0. The van der Waals surface area contributed by atoms with E-state index in [0.29, 0.717) is 4.88 Å². The summed E-state index contributed by atoms with van der Waals surface area (Å²) in [5.74, 6) is 0.282. The first kappa shape index (κ1) is 8.47. The number of carbonyl (C=O) groups excluding carboxylic acids is 1. The highest BCUT2D eigenvalue weighted by Crippen LogP contribution is 2.38. The van der Waals surface area contributed by atoms with Crippen molar-refractivity contribution in [2.45, 2.75) is 0 Å². The molecule has 0 saturated heterocycles. The first-order valence-electron chi connectivity index (χ1n) is 3.63. The van der Waals surface area contributed by atoms with E-state index in [0.717, 1.165) is 16.0 Å². The molecule has 0 aromatic carbocycles. The van der Waals surface area contributed by atoms with E-state index < -0.39 is 0 Å². The lowest BCUT2D eigenvalue weighted by Gasteiger charge is -1.91. The molecule has 0 aliphatic rings. The molecule has 0 aliphatic carbocycles. The van der Waals surface area contributed by atoms with Crippen molar-refractivity contribution in [3.63, 3.8) is 0 Å². The van der Waals surface area contributed by atoms with Crippen LogP contribution >= 0.6 is 22.7 Å². The number of hydrogen-bond acceptors (Lipinski definition) is 4. The Morgan fingerprint density at radius 1 is 1.31 bits per heavy atom. The van der Waals surface area contributed by atoms with E-state index >= 15 is 0 Å². The van der Waals surface area contributed by atoms with Gasteiger partial charge in [0.2, 0.25) is 0 Å². The predicted octanol–water partition coefficient (Wildman–Crippen LogP) is 2.99. The molecule has 13 heavy (non-hydrogen) atoms. The van der Waals surface area contributed by atoms with E-state index in [1.165, 1.54) is 22.7 Å². The Kier molecular flexibility index (Phi) is 2.16. The van der Waals surface area contributed by atoms with E-state index in [1.807, 2.05) is 11.4 Å². The summed E-state index contributed by atoms with van der Waals surface area (Å²) in [7, 11) is 0.